The summed E-state index contributed by atoms with van der Waals surface area (Å²) in [7, 11) is 0.558. The van der Waals surface area contributed by atoms with Gasteiger partial charge in [-0.15, -0.1) is 6.58 Å². The summed E-state index contributed by atoms with van der Waals surface area (Å²) in [4.78, 5) is 0. The molecule has 0 atom stereocenters. The molecule has 0 heterocycles. The minimum absolute atomic E-state index is 1.20. The van der Waals surface area contributed by atoms with Crippen LogP contribution in [0, 0.1) is 0 Å². The van der Waals surface area contributed by atoms with Crippen molar-refractivity contribution in [3.05, 3.63) is 12.7 Å². The van der Waals surface area contributed by atoms with Crippen molar-refractivity contribution in [2.75, 3.05) is 14.2 Å². The Hall–Kier alpha value is -0.110. The fraction of sp³-hybridized carbons (Fsp3) is 0.875. The van der Waals surface area contributed by atoms with E-state index in [1.54, 1.807) is 0 Å². The van der Waals surface area contributed by atoms with Crippen LogP contribution < -0.4 is 0 Å². The van der Waals surface area contributed by atoms with E-state index in [4.69, 9.17) is 0 Å². The molecule has 0 unspecified atom stereocenters. The van der Waals surface area contributed by atoms with Crippen molar-refractivity contribution in [3.8, 4) is 0 Å². The molecule has 0 saturated heterocycles. The molecule has 0 fully saturated rings. The zero-order chi connectivity index (χ0) is 15.5. The molecule has 3 nitrogen and oxygen atoms in total. The van der Waals surface area contributed by atoms with Gasteiger partial charge in [-0.25, -0.2) is 0 Å². The van der Waals surface area contributed by atoms with E-state index in [-0.39, 0.29) is 0 Å². The van der Waals surface area contributed by atoms with Gasteiger partial charge in [0, 0.05) is 14.2 Å². The van der Waals surface area contributed by atoms with Crippen LogP contribution in [0.3, 0.4) is 0 Å². The maximum Gasteiger partial charge on any atom is 0.318 e. The van der Waals surface area contributed by atoms with Crippen molar-refractivity contribution in [1.29, 1.82) is 0 Å². The number of hydrogen-bond donors (Lipinski definition) is 0. The molecule has 20 heavy (non-hydrogen) atoms. The molecule has 0 aliphatic heterocycles. The van der Waals surface area contributed by atoms with Crippen molar-refractivity contribution in [2.45, 2.75) is 77.6 Å². The highest BCUT2D eigenvalue weighted by atomic mass is 31.1. The second kappa shape index (κ2) is 21.2. The molecule has 0 N–H and O–H groups in total. The highest BCUT2D eigenvalue weighted by Crippen LogP contribution is 2.18. The van der Waals surface area contributed by atoms with E-state index in [1.165, 1.54) is 84.8 Å². The third kappa shape index (κ3) is 23.0. The van der Waals surface area contributed by atoms with E-state index >= 15 is 0 Å². The van der Waals surface area contributed by atoms with Gasteiger partial charge >= 0.3 is 8.25 Å². The van der Waals surface area contributed by atoms with Crippen molar-refractivity contribution in [2.24, 2.45) is 0 Å². The van der Waals surface area contributed by atoms with Crippen LogP contribution in [0.15, 0.2) is 12.7 Å². The number of rotatable bonds is 13. The first-order valence-corrected chi connectivity index (χ1v) is 9.18. The average Bonchev–Trinajstić information content (AvgIpc) is 2.49. The van der Waals surface area contributed by atoms with Gasteiger partial charge in [0.15, 0.2) is 0 Å². The van der Waals surface area contributed by atoms with Crippen LogP contribution in [-0.2, 0) is 13.6 Å². The first-order chi connectivity index (χ1) is 9.72. The molecule has 4 heteroatoms. The summed E-state index contributed by atoms with van der Waals surface area (Å²) in [5.74, 6) is 0. The molecule has 0 aromatic heterocycles. The Kier molecular flexibility index (Phi) is 23.5. The Morgan fingerprint density at radius 2 is 1.25 bits per heavy atom. The highest BCUT2D eigenvalue weighted by molar-refractivity contribution is 7.33. The summed E-state index contributed by atoms with van der Waals surface area (Å²) < 4.78 is 18.4. The van der Waals surface area contributed by atoms with E-state index in [0.717, 1.165) is 0 Å². The Labute approximate surface area is 127 Å². The average molecular weight is 306 g/mol. The Morgan fingerprint density at radius 3 is 1.55 bits per heavy atom. The van der Waals surface area contributed by atoms with E-state index in [9.17, 15) is 4.57 Å². The molecule has 0 aromatic carbocycles. The van der Waals surface area contributed by atoms with Gasteiger partial charge in [0.2, 0.25) is 0 Å². The van der Waals surface area contributed by atoms with E-state index < -0.39 is 8.25 Å². The molecule has 0 bridgehead atoms. The van der Waals surface area contributed by atoms with E-state index in [2.05, 4.69) is 22.6 Å². The lowest BCUT2D eigenvalue weighted by atomic mass is 10.1. The van der Waals surface area contributed by atoms with Gasteiger partial charge in [0.05, 0.1) is 0 Å². The molecule has 0 aromatic rings. The third-order valence-electron chi connectivity index (χ3n) is 3.10. The smallest absolute Gasteiger partial charge is 0.314 e. The van der Waals surface area contributed by atoms with Gasteiger partial charge in [-0.3, -0.25) is 4.57 Å². The summed E-state index contributed by atoms with van der Waals surface area (Å²) in [5, 5.41) is 0. The second-order valence-corrected chi connectivity index (χ2v) is 6.23. The number of unbranched alkanes of at least 4 members (excludes halogenated alkanes) is 10. The molecule has 0 amide bonds. The molecular formula is C16H35O3P. The largest absolute Gasteiger partial charge is 0.318 e. The Morgan fingerprint density at radius 1 is 0.850 bits per heavy atom. The SMILES string of the molecule is C=CCCCCCCCCCCCC.CO[PH](=O)OC. The van der Waals surface area contributed by atoms with Crippen LogP contribution in [0.2, 0.25) is 0 Å². The summed E-state index contributed by atoms with van der Waals surface area (Å²) in [6.45, 7) is 6.01. The number of allylic oxidation sites excluding steroid dienone is 1. The van der Waals surface area contributed by atoms with Crippen molar-refractivity contribution >= 4 is 8.25 Å². The quantitative estimate of drug-likeness (QED) is 0.232. The van der Waals surface area contributed by atoms with Crippen LogP contribution in [0.1, 0.15) is 77.6 Å². The van der Waals surface area contributed by atoms with Gasteiger partial charge in [-0.1, -0.05) is 70.8 Å². The third-order valence-corrected chi connectivity index (χ3v) is 3.76. The van der Waals surface area contributed by atoms with Gasteiger partial charge in [0.25, 0.3) is 0 Å². The van der Waals surface area contributed by atoms with Crippen LogP contribution in [0.5, 0.6) is 0 Å². The van der Waals surface area contributed by atoms with Crippen LogP contribution in [0.25, 0.3) is 0 Å². The van der Waals surface area contributed by atoms with Gasteiger partial charge in [-0.05, 0) is 12.8 Å². The van der Waals surface area contributed by atoms with E-state index in [0.29, 0.717) is 0 Å². The predicted octanol–water partition coefficient (Wildman–Crippen LogP) is 6.15. The standard InChI is InChI=1S/C14H28.C2H7O3P/c1-3-5-7-9-11-13-14-12-10-8-6-4-2;1-4-6(3)5-2/h3H,1,4-14H2,2H3;6H,1-2H3. The first kappa shape index (κ1) is 22.2. The summed E-state index contributed by atoms with van der Waals surface area (Å²) in [6, 6.07) is 0. The monoisotopic (exact) mass is 306 g/mol. The maximum absolute atomic E-state index is 9.92. The minimum atomic E-state index is -2.12. The lowest BCUT2D eigenvalue weighted by Gasteiger charge is -2.00. The van der Waals surface area contributed by atoms with Crippen LogP contribution in [0.4, 0.5) is 0 Å². The lowest BCUT2D eigenvalue weighted by molar-refractivity contribution is 0.302. The van der Waals surface area contributed by atoms with Crippen molar-refractivity contribution in [1.82, 2.24) is 0 Å². The van der Waals surface area contributed by atoms with Crippen molar-refractivity contribution < 1.29 is 13.6 Å². The molecule has 0 spiro atoms. The van der Waals surface area contributed by atoms with Crippen molar-refractivity contribution in [3.63, 3.8) is 0 Å². The molecule has 0 aliphatic carbocycles. The molecule has 0 aliphatic rings. The fourth-order valence-corrected chi connectivity index (χ4v) is 2.03. The first-order valence-electron chi connectivity index (χ1n) is 7.95. The zero-order valence-electron chi connectivity index (χ0n) is 13.8. The predicted molar refractivity (Wildman–Crippen MR) is 89.7 cm³/mol. The molecule has 0 rings (SSSR count). The normalized spacial score (nSPS) is 10.2. The van der Waals surface area contributed by atoms with Gasteiger partial charge in [0.1, 0.15) is 0 Å². The molecular weight excluding hydrogens is 271 g/mol. The topological polar surface area (TPSA) is 35.5 Å². The Bertz CT molecular complexity index is 202. The van der Waals surface area contributed by atoms with Gasteiger partial charge in [-0.2, -0.15) is 0 Å². The summed E-state index contributed by atoms with van der Waals surface area (Å²) >= 11 is 0. The maximum atomic E-state index is 9.92. The van der Waals surface area contributed by atoms with Crippen LogP contribution in [-0.4, -0.2) is 14.2 Å². The Balaban J connectivity index is 0. The number of hydrogen-bond acceptors (Lipinski definition) is 3. The minimum Gasteiger partial charge on any atom is -0.314 e. The fourth-order valence-electron chi connectivity index (χ4n) is 1.86. The van der Waals surface area contributed by atoms with Crippen LogP contribution >= 0.6 is 8.25 Å². The highest BCUT2D eigenvalue weighted by Gasteiger charge is 1.91. The zero-order valence-corrected chi connectivity index (χ0v) is 14.8. The summed E-state index contributed by atoms with van der Waals surface area (Å²) in [6.07, 6.45) is 17.5. The van der Waals surface area contributed by atoms with E-state index in [1.807, 2.05) is 6.08 Å². The summed E-state index contributed by atoms with van der Waals surface area (Å²) in [5.41, 5.74) is 0. The second-order valence-electron chi connectivity index (χ2n) is 4.92. The van der Waals surface area contributed by atoms with Gasteiger partial charge < -0.3 is 9.05 Å². The molecule has 0 saturated carbocycles. The molecule has 0 radical (unpaired) electrons. The molecule has 122 valence electrons. The lowest BCUT2D eigenvalue weighted by Crippen LogP contribution is -1.81.